The third-order valence-corrected chi connectivity index (χ3v) is 5.31. The predicted octanol–water partition coefficient (Wildman–Crippen LogP) is 3.20. The van der Waals surface area contributed by atoms with E-state index < -0.39 is 0 Å². The zero-order valence-corrected chi connectivity index (χ0v) is 13.6. The molecule has 2 aromatic heterocycles. The molecule has 2 aliphatic carbocycles. The maximum atomic E-state index is 5.92. The quantitative estimate of drug-likeness (QED) is 0.913. The summed E-state index contributed by atoms with van der Waals surface area (Å²) in [6.07, 6.45) is 6.97. The molecule has 0 amide bonds. The fourth-order valence-corrected chi connectivity index (χ4v) is 3.91. The Labute approximate surface area is 135 Å². The van der Waals surface area contributed by atoms with Gasteiger partial charge in [0.15, 0.2) is 5.82 Å². The monoisotopic (exact) mass is 314 g/mol. The Bertz CT molecular complexity index is 695. The molecule has 23 heavy (non-hydrogen) atoms. The van der Waals surface area contributed by atoms with Crippen molar-refractivity contribution in [3.63, 3.8) is 0 Å². The van der Waals surface area contributed by atoms with Crippen LogP contribution in [0.5, 0.6) is 0 Å². The number of aryl methyl sites for hydroxylation is 1. The molecule has 2 aliphatic rings. The highest BCUT2D eigenvalue weighted by molar-refractivity contribution is 5.69. The first kappa shape index (κ1) is 14.6. The van der Waals surface area contributed by atoms with E-state index in [1.807, 2.05) is 19.1 Å². The number of aromatic nitrogens is 3. The van der Waals surface area contributed by atoms with Crippen molar-refractivity contribution < 1.29 is 9.26 Å². The minimum Gasteiger partial charge on any atom is -0.378 e. The summed E-state index contributed by atoms with van der Waals surface area (Å²) in [6.45, 7) is 4.68. The lowest BCUT2D eigenvalue weighted by Gasteiger charge is -2.61. The number of nitrogens with zero attached hydrogens (tertiary/aromatic N) is 3. The van der Waals surface area contributed by atoms with Crippen LogP contribution in [0.25, 0.3) is 11.5 Å². The van der Waals surface area contributed by atoms with Gasteiger partial charge in [-0.1, -0.05) is 11.6 Å². The van der Waals surface area contributed by atoms with Crippen LogP contribution in [0, 0.1) is 12.3 Å². The number of hydrogen-bond acceptors (Lipinski definition) is 6. The first-order valence-electron chi connectivity index (χ1n) is 8.37. The van der Waals surface area contributed by atoms with E-state index >= 15 is 0 Å². The van der Waals surface area contributed by atoms with E-state index in [0.29, 0.717) is 23.9 Å². The molecule has 0 radical (unpaired) electrons. The maximum absolute atomic E-state index is 5.92. The number of rotatable bonds is 5. The molecule has 2 aromatic rings. The molecule has 2 heterocycles. The lowest BCUT2D eigenvalue weighted by atomic mass is 9.51. The third-order valence-electron chi connectivity index (χ3n) is 5.31. The topological polar surface area (TPSA) is 73.1 Å². The summed E-state index contributed by atoms with van der Waals surface area (Å²) < 4.78 is 11.2. The summed E-state index contributed by atoms with van der Waals surface area (Å²) in [4.78, 5) is 8.83. The second-order valence-corrected chi connectivity index (χ2v) is 6.51. The Kier molecular flexibility index (Phi) is 3.56. The summed E-state index contributed by atoms with van der Waals surface area (Å²) in [5.41, 5.74) is 1.15. The zero-order chi connectivity index (χ0) is 15.9. The molecule has 2 fully saturated rings. The molecule has 1 N–H and O–H groups in total. The molecule has 0 unspecified atom stereocenters. The van der Waals surface area contributed by atoms with Gasteiger partial charge in [0.2, 0.25) is 0 Å². The van der Waals surface area contributed by atoms with Crippen molar-refractivity contribution in [3.05, 3.63) is 24.2 Å². The van der Waals surface area contributed by atoms with Crippen LogP contribution in [0.4, 0.5) is 5.82 Å². The van der Waals surface area contributed by atoms with Gasteiger partial charge in [0, 0.05) is 24.3 Å². The van der Waals surface area contributed by atoms with Gasteiger partial charge in [-0.3, -0.25) is 0 Å². The minimum atomic E-state index is 0.287. The van der Waals surface area contributed by atoms with Crippen LogP contribution in [0.15, 0.2) is 22.9 Å². The molecule has 2 atom stereocenters. The van der Waals surface area contributed by atoms with Gasteiger partial charge < -0.3 is 14.6 Å². The Morgan fingerprint density at radius 3 is 2.96 bits per heavy atom. The normalized spacial score (nSPS) is 25.0. The van der Waals surface area contributed by atoms with Gasteiger partial charge in [-0.05, 0) is 45.2 Å². The van der Waals surface area contributed by atoms with Crippen molar-refractivity contribution in [2.45, 2.75) is 51.7 Å². The zero-order valence-electron chi connectivity index (χ0n) is 13.6. The standard InChI is InChI=1S/C17H22N4O2/c1-3-22-14-10-13(17(14)7-5-8-17)20-15-12(6-4-9-18-15)16-19-11(2)21-23-16/h4,6,9,13-14H,3,5,7-8,10H2,1-2H3,(H,18,20)/t13-,14+/m0/s1. The molecule has 6 heteroatoms. The number of hydrogen-bond donors (Lipinski definition) is 1. The Balaban J connectivity index is 1.56. The minimum absolute atomic E-state index is 0.287. The van der Waals surface area contributed by atoms with Crippen LogP contribution in [-0.4, -0.2) is 33.9 Å². The average Bonchev–Trinajstić information content (AvgIpc) is 2.91. The van der Waals surface area contributed by atoms with Crippen LogP contribution >= 0.6 is 0 Å². The van der Waals surface area contributed by atoms with Crippen molar-refractivity contribution in [2.24, 2.45) is 5.41 Å². The van der Waals surface area contributed by atoms with Crippen molar-refractivity contribution in [2.75, 3.05) is 11.9 Å². The van der Waals surface area contributed by atoms with Gasteiger partial charge >= 0.3 is 0 Å². The van der Waals surface area contributed by atoms with Crippen LogP contribution in [0.1, 0.15) is 38.4 Å². The van der Waals surface area contributed by atoms with E-state index in [9.17, 15) is 0 Å². The molecule has 4 rings (SSSR count). The molecular formula is C17H22N4O2. The fourth-order valence-electron chi connectivity index (χ4n) is 3.91. The summed E-state index contributed by atoms with van der Waals surface area (Å²) >= 11 is 0. The van der Waals surface area contributed by atoms with Gasteiger partial charge in [0.05, 0.1) is 11.7 Å². The molecule has 122 valence electrons. The molecule has 0 aromatic carbocycles. The fraction of sp³-hybridized carbons (Fsp3) is 0.588. The van der Waals surface area contributed by atoms with Gasteiger partial charge in [0.25, 0.3) is 5.89 Å². The number of ether oxygens (including phenoxy) is 1. The largest absolute Gasteiger partial charge is 0.378 e. The van der Waals surface area contributed by atoms with Crippen molar-refractivity contribution in [3.8, 4) is 11.5 Å². The van der Waals surface area contributed by atoms with E-state index in [1.165, 1.54) is 19.3 Å². The second kappa shape index (κ2) is 5.60. The van der Waals surface area contributed by atoms with E-state index in [2.05, 4.69) is 27.4 Å². The van der Waals surface area contributed by atoms with Gasteiger partial charge in [-0.2, -0.15) is 4.98 Å². The summed E-state index contributed by atoms with van der Waals surface area (Å²) in [5, 5.41) is 7.50. The average molecular weight is 314 g/mol. The summed E-state index contributed by atoms with van der Waals surface area (Å²) in [6, 6.07) is 4.27. The van der Waals surface area contributed by atoms with Crippen LogP contribution < -0.4 is 5.32 Å². The Hall–Kier alpha value is -1.95. The highest BCUT2D eigenvalue weighted by Gasteiger charge is 2.59. The molecule has 1 spiro atoms. The van der Waals surface area contributed by atoms with Crippen LogP contribution in [0.2, 0.25) is 0 Å². The van der Waals surface area contributed by atoms with E-state index in [0.717, 1.165) is 24.4 Å². The lowest BCUT2D eigenvalue weighted by molar-refractivity contribution is -0.157. The molecule has 2 saturated carbocycles. The van der Waals surface area contributed by atoms with Gasteiger partial charge in [-0.15, -0.1) is 0 Å². The van der Waals surface area contributed by atoms with Crippen molar-refractivity contribution in [1.82, 2.24) is 15.1 Å². The number of anilines is 1. The first-order valence-corrected chi connectivity index (χ1v) is 8.37. The Morgan fingerprint density at radius 1 is 1.43 bits per heavy atom. The molecular weight excluding hydrogens is 292 g/mol. The van der Waals surface area contributed by atoms with Gasteiger partial charge in [-0.25, -0.2) is 4.98 Å². The van der Waals surface area contributed by atoms with E-state index in [4.69, 9.17) is 9.26 Å². The van der Waals surface area contributed by atoms with E-state index in [-0.39, 0.29) is 5.41 Å². The second-order valence-electron chi connectivity index (χ2n) is 6.51. The maximum Gasteiger partial charge on any atom is 0.261 e. The van der Waals surface area contributed by atoms with Crippen molar-refractivity contribution in [1.29, 1.82) is 0 Å². The summed E-state index contributed by atoms with van der Waals surface area (Å²) in [5.74, 6) is 1.97. The van der Waals surface area contributed by atoms with Crippen molar-refractivity contribution >= 4 is 5.82 Å². The first-order chi connectivity index (χ1) is 11.2. The Morgan fingerprint density at radius 2 is 2.30 bits per heavy atom. The van der Waals surface area contributed by atoms with Gasteiger partial charge in [0.1, 0.15) is 5.82 Å². The summed E-state index contributed by atoms with van der Waals surface area (Å²) in [7, 11) is 0. The predicted molar refractivity (Wildman–Crippen MR) is 86.0 cm³/mol. The SMILES string of the molecule is CCO[C@@H]1C[C@H](Nc2ncccc2-c2nc(C)no2)C12CCC2. The molecule has 6 nitrogen and oxygen atoms in total. The highest BCUT2D eigenvalue weighted by atomic mass is 16.5. The molecule has 0 aliphatic heterocycles. The molecule has 0 bridgehead atoms. The highest BCUT2D eigenvalue weighted by Crippen LogP contribution is 2.58. The number of pyridine rings is 1. The lowest BCUT2D eigenvalue weighted by Crippen LogP contribution is -2.64. The van der Waals surface area contributed by atoms with Crippen LogP contribution in [0.3, 0.4) is 0 Å². The third kappa shape index (κ3) is 2.32. The van der Waals surface area contributed by atoms with E-state index in [1.54, 1.807) is 6.20 Å². The molecule has 0 saturated heterocycles. The smallest absolute Gasteiger partial charge is 0.261 e. The number of nitrogens with one attached hydrogen (secondary N) is 1. The van der Waals surface area contributed by atoms with Crippen LogP contribution in [-0.2, 0) is 4.74 Å².